The Balaban J connectivity index is 1.93. The van der Waals surface area contributed by atoms with Gasteiger partial charge in [0.05, 0.1) is 17.2 Å². The summed E-state index contributed by atoms with van der Waals surface area (Å²) in [5.41, 5.74) is 0. The van der Waals surface area contributed by atoms with E-state index in [4.69, 9.17) is 32.7 Å². The molecule has 0 saturated carbocycles. The van der Waals surface area contributed by atoms with Gasteiger partial charge in [0.1, 0.15) is 10.8 Å². The van der Waals surface area contributed by atoms with Crippen LogP contribution in [0.5, 0.6) is 5.75 Å². The van der Waals surface area contributed by atoms with Crippen molar-refractivity contribution < 1.29 is 14.3 Å². The third kappa shape index (κ3) is 3.78. The molecule has 1 aliphatic rings. The molecule has 110 valence electrons. The molecule has 0 aliphatic carbocycles. The Morgan fingerprint density at radius 1 is 1.35 bits per heavy atom. The minimum Gasteiger partial charge on any atom is -0.482 e. The van der Waals surface area contributed by atoms with E-state index in [9.17, 15) is 4.79 Å². The highest BCUT2D eigenvalue weighted by Crippen LogP contribution is 2.31. The molecule has 6 heteroatoms. The van der Waals surface area contributed by atoms with Crippen LogP contribution in [-0.2, 0) is 9.53 Å². The van der Waals surface area contributed by atoms with Gasteiger partial charge in [-0.1, -0.05) is 29.3 Å². The monoisotopic (exact) mass is 317 g/mol. The molecule has 1 saturated heterocycles. The zero-order valence-corrected chi connectivity index (χ0v) is 12.9. The van der Waals surface area contributed by atoms with E-state index in [2.05, 4.69) is 0 Å². The Hall–Kier alpha value is -0.970. The van der Waals surface area contributed by atoms with E-state index in [-0.39, 0.29) is 24.7 Å². The number of benzene rings is 1. The number of ether oxygens (including phenoxy) is 2. The van der Waals surface area contributed by atoms with Gasteiger partial charge in [0.25, 0.3) is 5.91 Å². The van der Waals surface area contributed by atoms with Crippen LogP contribution >= 0.6 is 23.2 Å². The summed E-state index contributed by atoms with van der Waals surface area (Å²) in [5.74, 6) is 0.338. The van der Waals surface area contributed by atoms with Gasteiger partial charge in [0.2, 0.25) is 0 Å². The minimum absolute atomic E-state index is 0.0393. The van der Waals surface area contributed by atoms with Gasteiger partial charge in [-0.2, -0.15) is 0 Å². The second kappa shape index (κ2) is 6.66. The highest BCUT2D eigenvalue weighted by atomic mass is 35.5. The maximum atomic E-state index is 12.1. The molecule has 1 aromatic carbocycles. The molecule has 0 unspecified atom stereocenters. The molecule has 1 heterocycles. The standard InChI is InChI=1S/C14H17Cl2NO3/c1-9-6-17(7-10(2)20-9)13(18)8-19-12-5-3-4-11(15)14(12)16/h3-5,9-10H,6-8H2,1-2H3/t9-,10-/m0/s1. The highest BCUT2D eigenvalue weighted by Gasteiger charge is 2.26. The predicted molar refractivity (Wildman–Crippen MR) is 78.5 cm³/mol. The Kier molecular flexibility index (Phi) is 5.13. The zero-order chi connectivity index (χ0) is 14.7. The first kappa shape index (κ1) is 15.4. The van der Waals surface area contributed by atoms with Crippen molar-refractivity contribution in [1.82, 2.24) is 4.90 Å². The van der Waals surface area contributed by atoms with Crippen LogP contribution in [-0.4, -0.2) is 42.7 Å². The first-order valence-corrected chi connectivity index (χ1v) is 7.23. The maximum Gasteiger partial charge on any atom is 0.260 e. The minimum atomic E-state index is -0.0805. The van der Waals surface area contributed by atoms with Crippen LogP contribution in [0, 0.1) is 0 Å². The quantitative estimate of drug-likeness (QED) is 0.860. The van der Waals surface area contributed by atoms with Crippen LogP contribution in [0.1, 0.15) is 13.8 Å². The van der Waals surface area contributed by atoms with Crippen molar-refractivity contribution >= 4 is 29.1 Å². The molecular weight excluding hydrogens is 301 g/mol. The molecule has 20 heavy (non-hydrogen) atoms. The average molecular weight is 318 g/mol. The van der Waals surface area contributed by atoms with Gasteiger partial charge >= 0.3 is 0 Å². The number of nitrogens with zero attached hydrogens (tertiary/aromatic N) is 1. The van der Waals surface area contributed by atoms with Gasteiger partial charge < -0.3 is 14.4 Å². The molecular formula is C14H17Cl2NO3. The summed E-state index contributed by atoms with van der Waals surface area (Å²) in [7, 11) is 0. The number of halogens is 2. The summed E-state index contributed by atoms with van der Waals surface area (Å²) >= 11 is 11.9. The van der Waals surface area contributed by atoms with E-state index in [1.54, 1.807) is 23.1 Å². The van der Waals surface area contributed by atoms with Crippen LogP contribution in [0.15, 0.2) is 18.2 Å². The van der Waals surface area contributed by atoms with Gasteiger partial charge in [0.15, 0.2) is 6.61 Å². The third-order valence-electron chi connectivity index (χ3n) is 3.04. The Morgan fingerprint density at radius 3 is 2.65 bits per heavy atom. The van der Waals surface area contributed by atoms with Crippen molar-refractivity contribution in [3.05, 3.63) is 28.2 Å². The van der Waals surface area contributed by atoms with Gasteiger partial charge in [-0.05, 0) is 26.0 Å². The molecule has 1 fully saturated rings. The third-order valence-corrected chi connectivity index (χ3v) is 3.84. The molecule has 4 nitrogen and oxygen atoms in total. The number of carbonyl (C=O) groups is 1. The van der Waals surface area contributed by atoms with Crippen molar-refractivity contribution in [2.24, 2.45) is 0 Å². The van der Waals surface area contributed by atoms with Crippen LogP contribution in [0.4, 0.5) is 0 Å². The van der Waals surface area contributed by atoms with Crippen molar-refractivity contribution in [3.8, 4) is 5.75 Å². The molecule has 0 radical (unpaired) electrons. The number of morpholine rings is 1. The molecule has 2 rings (SSSR count). The lowest BCUT2D eigenvalue weighted by Gasteiger charge is -2.35. The summed E-state index contributed by atoms with van der Waals surface area (Å²) in [6, 6.07) is 5.09. The van der Waals surface area contributed by atoms with E-state index < -0.39 is 0 Å². The fourth-order valence-corrected chi connectivity index (χ4v) is 2.55. The zero-order valence-electron chi connectivity index (χ0n) is 11.4. The van der Waals surface area contributed by atoms with E-state index in [0.29, 0.717) is 28.9 Å². The van der Waals surface area contributed by atoms with E-state index in [0.717, 1.165) is 0 Å². The predicted octanol–water partition coefficient (Wildman–Crippen LogP) is 3.01. The molecule has 1 amide bonds. The van der Waals surface area contributed by atoms with E-state index in [1.807, 2.05) is 13.8 Å². The Morgan fingerprint density at radius 2 is 2.00 bits per heavy atom. The van der Waals surface area contributed by atoms with E-state index in [1.165, 1.54) is 0 Å². The highest BCUT2D eigenvalue weighted by molar-refractivity contribution is 6.42. The van der Waals surface area contributed by atoms with Crippen molar-refractivity contribution in [2.45, 2.75) is 26.1 Å². The number of hydrogen-bond acceptors (Lipinski definition) is 3. The first-order chi connectivity index (χ1) is 9.47. The molecule has 0 spiro atoms. The number of hydrogen-bond donors (Lipinski definition) is 0. The summed E-state index contributed by atoms with van der Waals surface area (Å²) < 4.78 is 11.0. The molecule has 0 bridgehead atoms. The lowest BCUT2D eigenvalue weighted by Crippen LogP contribution is -2.49. The van der Waals surface area contributed by atoms with Crippen LogP contribution in [0.25, 0.3) is 0 Å². The van der Waals surface area contributed by atoms with Crippen LogP contribution in [0.3, 0.4) is 0 Å². The molecule has 1 aromatic rings. The van der Waals surface area contributed by atoms with Crippen LogP contribution in [0.2, 0.25) is 10.0 Å². The Bertz CT molecular complexity index is 485. The fourth-order valence-electron chi connectivity index (χ4n) is 2.21. The second-order valence-electron chi connectivity index (χ2n) is 4.90. The topological polar surface area (TPSA) is 38.8 Å². The van der Waals surface area contributed by atoms with Gasteiger partial charge in [-0.15, -0.1) is 0 Å². The lowest BCUT2D eigenvalue weighted by molar-refractivity contribution is -0.145. The maximum absolute atomic E-state index is 12.1. The summed E-state index contributed by atoms with van der Waals surface area (Å²) in [4.78, 5) is 13.9. The largest absolute Gasteiger partial charge is 0.482 e. The summed E-state index contributed by atoms with van der Waals surface area (Å²) in [6.07, 6.45) is 0.0786. The van der Waals surface area contributed by atoms with Gasteiger partial charge in [0, 0.05) is 13.1 Å². The van der Waals surface area contributed by atoms with Crippen molar-refractivity contribution in [2.75, 3.05) is 19.7 Å². The molecule has 0 aromatic heterocycles. The molecule has 0 N–H and O–H groups in total. The Labute approximate surface area is 128 Å². The van der Waals surface area contributed by atoms with Crippen LogP contribution < -0.4 is 4.74 Å². The number of amides is 1. The summed E-state index contributed by atoms with van der Waals surface area (Å²) in [6.45, 7) is 5.00. The van der Waals surface area contributed by atoms with Gasteiger partial charge in [-0.25, -0.2) is 0 Å². The average Bonchev–Trinajstić information content (AvgIpc) is 2.39. The van der Waals surface area contributed by atoms with E-state index >= 15 is 0 Å². The van der Waals surface area contributed by atoms with Crippen molar-refractivity contribution in [1.29, 1.82) is 0 Å². The first-order valence-electron chi connectivity index (χ1n) is 6.47. The smallest absolute Gasteiger partial charge is 0.260 e. The molecule has 1 aliphatic heterocycles. The number of rotatable bonds is 3. The lowest BCUT2D eigenvalue weighted by atomic mass is 10.2. The van der Waals surface area contributed by atoms with Gasteiger partial charge in [-0.3, -0.25) is 4.79 Å². The fraction of sp³-hybridized carbons (Fsp3) is 0.500. The molecule has 2 atom stereocenters. The van der Waals surface area contributed by atoms with Crippen molar-refractivity contribution in [3.63, 3.8) is 0 Å². The summed E-state index contributed by atoms with van der Waals surface area (Å²) in [5, 5.41) is 0.732. The second-order valence-corrected chi connectivity index (χ2v) is 5.68. The SMILES string of the molecule is C[C@H]1CN(C(=O)COc2cccc(Cl)c2Cl)C[C@H](C)O1. The normalized spacial score (nSPS) is 22.7. The number of carbonyl (C=O) groups excluding carboxylic acids is 1.